The maximum Gasteiger partial charge on any atom is 0.304 e. The lowest BCUT2D eigenvalue weighted by Crippen LogP contribution is -2.53. The van der Waals surface area contributed by atoms with Gasteiger partial charge < -0.3 is 5.11 Å². The van der Waals surface area contributed by atoms with E-state index in [2.05, 4.69) is 4.90 Å². The molecule has 18 heavy (non-hydrogen) atoms. The second-order valence-electron chi connectivity index (χ2n) is 4.97. The molecule has 2 aliphatic heterocycles. The van der Waals surface area contributed by atoms with Gasteiger partial charge in [0.1, 0.15) is 0 Å². The second kappa shape index (κ2) is 5.79. The van der Waals surface area contributed by atoms with Crippen molar-refractivity contribution in [1.29, 1.82) is 0 Å². The number of hydrogen-bond acceptors (Lipinski definition) is 5. The first-order valence-electron chi connectivity index (χ1n) is 6.23. The van der Waals surface area contributed by atoms with E-state index in [4.69, 9.17) is 5.11 Å². The van der Waals surface area contributed by atoms with Gasteiger partial charge in [-0.05, 0) is 12.8 Å². The van der Waals surface area contributed by atoms with Crippen LogP contribution in [0.5, 0.6) is 0 Å². The average molecular weight is 293 g/mol. The summed E-state index contributed by atoms with van der Waals surface area (Å²) in [6.07, 6.45) is 1.69. The van der Waals surface area contributed by atoms with Gasteiger partial charge in [0.2, 0.25) is 0 Å². The summed E-state index contributed by atoms with van der Waals surface area (Å²) in [5.74, 6) is 1.45. The minimum Gasteiger partial charge on any atom is -0.481 e. The Kier molecular flexibility index (Phi) is 4.55. The zero-order chi connectivity index (χ0) is 13.2. The molecule has 104 valence electrons. The third-order valence-electron chi connectivity index (χ3n) is 3.59. The van der Waals surface area contributed by atoms with Crippen molar-refractivity contribution >= 4 is 27.6 Å². The van der Waals surface area contributed by atoms with Crippen molar-refractivity contribution in [2.75, 3.05) is 29.6 Å². The zero-order valence-corrected chi connectivity index (χ0v) is 11.9. The topological polar surface area (TPSA) is 74.7 Å². The molecule has 2 atom stereocenters. The molecule has 0 spiro atoms. The quantitative estimate of drug-likeness (QED) is 0.814. The van der Waals surface area contributed by atoms with Crippen LogP contribution in [0.25, 0.3) is 0 Å². The molecule has 0 amide bonds. The molecule has 0 radical (unpaired) electrons. The Morgan fingerprint density at radius 3 is 2.89 bits per heavy atom. The lowest BCUT2D eigenvalue weighted by atomic mass is 10.1. The molecule has 5 nitrogen and oxygen atoms in total. The number of hydrogen-bond donors (Lipinski definition) is 1. The molecule has 0 aromatic carbocycles. The lowest BCUT2D eigenvalue weighted by Gasteiger charge is -2.41. The molecule has 2 rings (SSSR count). The summed E-state index contributed by atoms with van der Waals surface area (Å²) in [5, 5.41) is 8.93. The first-order chi connectivity index (χ1) is 8.48. The number of sulfone groups is 1. The minimum absolute atomic E-state index is 0.0143. The fourth-order valence-corrected chi connectivity index (χ4v) is 5.59. The highest BCUT2D eigenvalue weighted by Crippen LogP contribution is 2.26. The van der Waals surface area contributed by atoms with Crippen LogP contribution in [0.2, 0.25) is 0 Å². The molecular formula is C11H19NO4S2. The van der Waals surface area contributed by atoms with E-state index >= 15 is 0 Å². The predicted molar refractivity (Wildman–Crippen MR) is 71.7 cm³/mol. The van der Waals surface area contributed by atoms with E-state index < -0.39 is 15.8 Å². The van der Waals surface area contributed by atoms with Gasteiger partial charge in [-0.1, -0.05) is 0 Å². The average Bonchev–Trinajstić information content (AvgIpc) is 2.27. The number of aliphatic carboxylic acids is 1. The van der Waals surface area contributed by atoms with E-state index in [1.807, 2.05) is 0 Å². The molecule has 0 saturated carbocycles. The number of nitrogens with zero attached hydrogens (tertiary/aromatic N) is 1. The molecule has 0 aliphatic carbocycles. The SMILES string of the molecule is O=C(O)CC1CSCCN1C1CCCS(=O)(=O)C1. The van der Waals surface area contributed by atoms with Gasteiger partial charge in [0, 0.05) is 30.1 Å². The number of carboxylic acids is 1. The molecule has 2 aliphatic rings. The summed E-state index contributed by atoms with van der Waals surface area (Å²) >= 11 is 1.76. The summed E-state index contributed by atoms with van der Waals surface area (Å²) in [4.78, 5) is 13.0. The molecule has 2 heterocycles. The highest BCUT2D eigenvalue weighted by atomic mass is 32.2. The van der Waals surface area contributed by atoms with Crippen LogP contribution in [0.3, 0.4) is 0 Å². The first kappa shape index (κ1) is 14.1. The smallest absolute Gasteiger partial charge is 0.304 e. The zero-order valence-electron chi connectivity index (χ0n) is 10.2. The Balaban J connectivity index is 2.06. The fourth-order valence-electron chi connectivity index (χ4n) is 2.79. The molecule has 2 fully saturated rings. The Morgan fingerprint density at radius 1 is 1.44 bits per heavy atom. The fraction of sp³-hybridized carbons (Fsp3) is 0.909. The summed E-state index contributed by atoms with van der Waals surface area (Å²) < 4.78 is 23.4. The summed E-state index contributed by atoms with van der Waals surface area (Å²) in [6, 6.07) is 0.00792. The Morgan fingerprint density at radius 2 is 2.22 bits per heavy atom. The van der Waals surface area contributed by atoms with Gasteiger partial charge in [-0.3, -0.25) is 9.69 Å². The molecule has 0 aromatic rings. The Labute approximate surface area is 112 Å². The van der Waals surface area contributed by atoms with Crippen LogP contribution in [0.15, 0.2) is 0 Å². The monoisotopic (exact) mass is 293 g/mol. The van der Waals surface area contributed by atoms with E-state index in [0.717, 1.165) is 24.5 Å². The molecule has 0 bridgehead atoms. The largest absolute Gasteiger partial charge is 0.481 e. The van der Waals surface area contributed by atoms with Gasteiger partial charge in [0.25, 0.3) is 0 Å². The summed E-state index contributed by atoms with van der Waals surface area (Å²) in [6.45, 7) is 0.808. The standard InChI is InChI=1S/C11H19NO4S2/c13-11(14)6-10-7-17-4-3-12(10)9-2-1-5-18(15,16)8-9/h9-10H,1-8H2,(H,13,14). The maximum atomic E-state index is 11.7. The van der Waals surface area contributed by atoms with Gasteiger partial charge in [-0.25, -0.2) is 8.42 Å². The van der Waals surface area contributed by atoms with E-state index in [-0.39, 0.29) is 30.0 Å². The number of carboxylic acid groups (broad SMARTS) is 1. The van der Waals surface area contributed by atoms with Crippen LogP contribution in [0.1, 0.15) is 19.3 Å². The molecule has 0 aromatic heterocycles. The van der Waals surface area contributed by atoms with Crippen molar-refractivity contribution in [2.24, 2.45) is 0 Å². The molecule has 1 N–H and O–H groups in total. The van der Waals surface area contributed by atoms with Crippen molar-refractivity contribution in [3.8, 4) is 0 Å². The van der Waals surface area contributed by atoms with Crippen molar-refractivity contribution in [3.63, 3.8) is 0 Å². The predicted octanol–water partition coefficient (Wildman–Crippen LogP) is 0.456. The normalized spacial score (nSPS) is 33.1. The van der Waals surface area contributed by atoms with Crippen LogP contribution >= 0.6 is 11.8 Å². The van der Waals surface area contributed by atoms with E-state index in [9.17, 15) is 13.2 Å². The Hall–Kier alpha value is -0.270. The van der Waals surface area contributed by atoms with Crippen molar-refractivity contribution in [2.45, 2.75) is 31.3 Å². The maximum absolute atomic E-state index is 11.7. The van der Waals surface area contributed by atoms with E-state index in [1.165, 1.54) is 0 Å². The summed E-state index contributed by atoms with van der Waals surface area (Å²) in [5.41, 5.74) is 0. The number of rotatable bonds is 3. The third-order valence-corrected chi connectivity index (χ3v) is 6.49. The van der Waals surface area contributed by atoms with Gasteiger partial charge in [0.15, 0.2) is 9.84 Å². The first-order valence-corrected chi connectivity index (χ1v) is 9.21. The van der Waals surface area contributed by atoms with Crippen LogP contribution < -0.4 is 0 Å². The molecule has 2 saturated heterocycles. The molecule has 7 heteroatoms. The van der Waals surface area contributed by atoms with Gasteiger partial charge in [0.05, 0.1) is 17.9 Å². The van der Waals surface area contributed by atoms with E-state index in [0.29, 0.717) is 6.42 Å². The second-order valence-corrected chi connectivity index (χ2v) is 8.35. The van der Waals surface area contributed by atoms with Crippen molar-refractivity contribution in [1.82, 2.24) is 4.90 Å². The highest BCUT2D eigenvalue weighted by molar-refractivity contribution is 7.99. The molecule has 2 unspecified atom stereocenters. The van der Waals surface area contributed by atoms with Crippen LogP contribution in [-0.2, 0) is 14.6 Å². The van der Waals surface area contributed by atoms with Gasteiger partial charge in [-0.2, -0.15) is 11.8 Å². The minimum atomic E-state index is -2.93. The Bertz CT molecular complexity index is 409. The van der Waals surface area contributed by atoms with Crippen LogP contribution in [0, 0.1) is 0 Å². The lowest BCUT2D eigenvalue weighted by molar-refractivity contribution is -0.138. The summed E-state index contributed by atoms with van der Waals surface area (Å²) in [7, 11) is -2.93. The van der Waals surface area contributed by atoms with E-state index in [1.54, 1.807) is 11.8 Å². The molecular weight excluding hydrogens is 274 g/mol. The van der Waals surface area contributed by atoms with Crippen molar-refractivity contribution < 1.29 is 18.3 Å². The van der Waals surface area contributed by atoms with Crippen LogP contribution in [0.4, 0.5) is 0 Å². The highest BCUT2D eigenvalue weighted by Gasteiger charge is 2.35. The van der Waals surface area contributed by atoms with Crippen molar-refractivity contribution in [3.05, 3.63) is 0 Å². The number of thioether (sulfide) groups is 1. The third kappa shape index (κ3) is 3.61. The van der Waals surface area contributed by atoms with Gasteiger partial charge in [-0.15, -0.1) is 0 Å². The van der Waals surface area contributed by atoms with Gasteiger partial charge >= 0.3 is 5.97 Å². The van der Waals surface area contributed by atoms with Crippen LogP contribution in [-0.4, -0.2) is 66.0 Å². The number of carbonyl (C=O) groups is 1.